The fourth-order valence-electron chi connectivity index (χ4n) is 2.72. The van der Waals surface area contributed by atoms with E-state index in [1.807, 2.05) is 19.1 Å². The van der Waals surface area contributed by atoms with E-state index in [1.54, 1.807) is 43.3 Å². The number of aryl methyl sites for hydroxylation is 2. The summed E-state index contributed by atoms with van der Waals surface area (Å²) in [4.78, 5) is 26.5. The third-order valence-electron chi connectivity index (χ3n) is 4.38. The second kappa shape index (κ2) is 9.46. The van der Waals surface area contributed by atoms with E-state index in [-0.39, 0.29) is 18.3 Å². The molecule has 0 radical (unpaired) electrons. The molecule has 1 heterocycles. The molecular formula is C21H21N5O4. The van der Waals surface area contributed by atoms with E-state index in [2.05, 4.69) is 15.5 Å². The predicted molar refractivity (Wildman–Crippen MR) is 112 cm³/mol. The Balaban J connectivity index is 1.49. The van der Waals surface area contributed by atoms with Crippen LogP contribution in [0.4, 0.5) is 5.82 Å². The van der Waals surface area contributed by atoms with Crippen LogP contribution in [0.15, 0.2) is 59.8 Å². The maximum atomic E-state index is 12.0. The zero-order valence-electron chi connectivity index (χ0n) is 16.6. The smallest absolute Gasteiger partial charge is 0.342 e. The lowest BCUT2D eigenvalue weighted by atomic mass is 10.1. The van der Waals surface area contributed by atoms with Gasteiger partial charge in [0, 0.05) is 12.5 Å². The number of aromatic nitrogens is 2. The average molecular weight is 407 g/mol. The van der Waals surface area contributed by atoms with Crippen molar-refractivity contribution in [2.45, 2.75) is 20.4 Å². The van der Waals surface area contributed by atoms with E-state index in [9.17, 15) is 14.9 Å². The molecule has 0 saturated heterocycles. The molecule has 1 aromatic heterocycles. The number of hydrogen-bond acceptors (Lipinski definition) is 6. The van der Waals surface area contributed by atoms with Gasteiger partial charge in [0.1, 0.15) is 25.1 Å². The fourth-order valence-corrected chi connectivity index (χ4v) is 2.72. The molecule has 154 valence electrons. The van der Waals surface area contributed by atoms with Crippen LogP contribution >= 0.6 is 0 Å². The molecule has 0 aliphatic carbocycles. The molecule has 9 nitrogen and oxygen atoms in total. The first-order chi connectivity index (χ1) is 14.4. The van der Waals surface area contributed by atoms with Crippen LogP contribution in [-0.2, 0) is 6.54 Å². The topological polar surface area (TPSA) is 112 Å². The second-order valence-electron chi connectivity index (χ2n) is 6.56. The van der Waals surface area contributed by atoms with Gasteiger partial charge in [0.25, 0.3) is 5.91 Å². The number of benzene rings is 2. The van der Waals surface area contributed by atoms with Crippen molar-refractivity contribution in [1.82, 2.24) is 15.0 Å². The van der Waals surface area contributed by atoms with Crippen molar-refractivity contribution >= 4 is 17.9 Å². The molecule has 30 heavy (non-hydrogen) atoms. The van der Waals surface area contributed by atoms with Crippen LogP contribution in [0.2, 0.25) is 0 Å². The highest BCUT2D eigenvalue weighted by atomic mass is 16.6. The van der Waals surface area contributed by atoms with Gasteiger partial charge in [-0.2, -0.15) is 5.10 Å². The summed E-state index contributed by atoms with van der Waals surface area (Å²) in [7, 11) is 0. The molecule has 0 unspecified atom stereocenters. The molecule has 0 atom stereocenters. The second-order valence-corrected chi connectivity index (χ2v) is 6.56. The molecule has 3 aromatic rings. The molecule has 1 amide bonds. The van der Waals surface area contributed by atoms with Gasteiger partial charge in [-0.25, -0.2) is 15.0 Å². The van der Waals surface area contributed by atoms with E-state index < -0.39 is 4.92 Å². The quantitative estimate of drug-likeness (QED) is 0.350. The van der Waals surface area contributed by atoms with Crippen LogP contribution < -0.4 is 10.2 Å². The lowest BCUT2D eigenvalue weighted by Gasteiger charge is -2.06. The summed E-state index contributed by atoms with van der Waals surface area (Å²) in [6, 6.07) is 14.3. The Labute approximate surface area is 173 Å². The number of ether oxygens (including phenoxy) is 1. The van der Waals surface area contributed by atoms with E-state index >= 15 is 0 Å². The first kappa shape index (κ1) is 20.7. The third-order valence-corrected chi connectivity index (χ3v) is 4.38. The first-order valence-corrected chi connectivity index (χ1v) is 9.23. The number of nitro groups is 1. The van der Waals surface area contributed by atoms with Crippen LogP contribution in [0.3, 0.4) is 0 Å². The highest BCUT2D eigenvalue weighted by molar-refractivity contribution is 5.94. The van der Waals surface area contributed by atoms with Gasteiger partial charge >= 0.3 is 5.82 Å². The monoisotopic (exact) mass is 407 g/mol. The van der Waals surface area contributed by atoms with Crippen molar-refractivity contribution in [1.29, 1.82) is 0 Å². The first-order valence-electron chi connectivity index (χ1n) is 9.23. The van der Waals surface area contributed by atoms with Crippen LogP contribution in [-0.4, -0.2) is 33.2 Å². The van der Waals surface area contributed by atoms with Crippen LogP contribution in [0.1, 0.15) is 27.3 Å². The zero-order chi connectivity index (χ0) is 21.5. The van der Waals surface area contributed by atoms with Crippen molar-refractivity contribution in [2.24, 2.45) is 5.10 Å². The van der Waals surface area contributed by atoms with Gasteiger partial charge in [-0.15, -0.1) is 0 Å². The van der Waals surface area contributed by atoms with Crippen LogP contribution in [0, 0.1) is 24.0 Å². The van der Waals surface area contributed by atoms with Crippen molar-refractivity contribution in [3.8, 4) is 5.75 Å². The lowest BCUT2D eigenvalue weighted by molar-refractivity contribution is -0.392. The van der Waals surface area contributed by atoms with Gasteiger partial charge in [0.05, 0.1) is 6.21 Å². The molecule has 3 rings (SSSR count). The Hall–Kier alpha value is -4.01. The van der Waals surface area contributed by atoms with Gasteiger partial charge in [-0.3, -0.25) is 4.79 Å². The summed E-state index contributed by atoms with van der Waals surface area (Å²) in [5.74, 6) is 0.839. The normalized spacial score (nSPS) is 10.9. The Kier molecular flexibility index (Phi) is 6.53. The molecule has 0 fully saturated rings. The summed E-state index contributed by atoms with van der Waals surface area (Å²) in [6.07, 6.45) is 2.77. The number of rotatable bonds is 8. The maximum Gasteiger partial charge on any atom is 0.342 e. The van der Waals surface area contributed by atoms with E-state index in [0.717, 1.165) is 11.1 Å². The summed E-state index contributed by atoms with van der Waals surface area (Å²) >= 11 is 0. The molecule has 0 spiro atoms. The summed E-state index contributed by atoms with van der Waals surface area (Å²) in [5.41, 5.74) is 4.89. The number of carbonyl (C=O) groups is 1. The lowest BCUT2D eigenvalue weighted by Crippen LogP contribution is -2.17. The largest absolute Gasteiger partial charge is 0.489 e. The van der Waals surface area contributed by atoms with Gasteiger partial charge in [0.2, 0.25) is 0 Å². The van der Waals surface area contributed by atoms with Gasteiger partial charge in [-0.05, 0) is 53.8 Å². The number of nitrogens with zero attached hydrogens (tertiary/aromatic N) is 4. The van der Waals surface area contributed by atoms with Crippen LogP contribution in [0.5, 0.6) is 5.75 Å². The SMILES string of the molecule is Cc1ccc(C(=O)N/N=C/c2ccc(OCCn3c([N+](=O)[O-])cnc3C)cc2)cc1. The highest BCUT2D eigenvalue weighted by Crippen LogP contribution is 2.15. The minimum Gasteiger partial charge on any atom is -0.489 e. The minimum absolute atomic E-state index is 0.0599. The number of hydrazone groups is 1. The Morgan fingerprint density at radius 2 is 1.90 bits per heavy atom. The van der Waals surface area contributed by atoms with Crippen molar-refractivity contribution in [3.05, 3.63) is 87.4 Å². The fraction of sp³-hybridized carbons (Fsp3) is 0.190. The molecule has 0 aliphatic heterocycles. The molecular weight excluding hydrogens is 386 g/mol. The number of hydrogen-bond donors (Lipinski definition) is 1. The van der Waals surface area contributed by atoms with Crippen LogP contribution in [0.25, 0.3) is 0 Å². The molecule has 2 aromatic carbocycles. The number of imidazole rings is 1. The van der Waals surface area contributed by atoms with E-state index in [4.69, 9.17) is 4.74 Å². The number of amides is 1. The molecule has 0 bridgehead atoms. The van der Waals surface area contributed by atoms with Crippen molar-refractivity contribution < 1.29 is 14.5 Å². The minimum atomic E-state index is -0.467. The Morgan fingerprint density at radius 1 is 1.20 bits per heavy atom. The maximum absolute atomic E-state index is 12.0. The van der Waals surface area contributed by atoms with E-state index in [1.165, 1.54) is 17.0 Å². The molecule has 1 N–H and O–H groups in total. The summed E-state index contributed by atoms with van der Waals surface area (Å²) < 4.78 is 7.15. The standard InChI is InChI=1S/C21H21N5O4/c1-15-3-7-18(8-4-15)21(27)24-23-13-17-5-9-19(10-6-17)30-12-11-25-16(2)22-14-20(25)26(28)29/h3-10,13-14H,11-12H2,1-2H3,(H,24,27)/b23-13+. The van der Waals surface area contributed by atoms with Crippen molar-refractivity contribution in [3.63, 3.8) is 0 Å². The third kappa shape index (κ3) is 5.28. The number of nitrogens with one attached hydrogen (secondary N) is 1. The molecule has 9 heteroatoms. The molecule has 0 saturated carbocycles. The van der Waals surface area contributed by atoms with Gasteiger partial charge in [0.15, 0.2) is 5.82 Å². The van der Waals surface area contributed by atoms with Gasteiger partial charge < -0.3 is 14.9 Å². The zero-order valence-corrected chi connectivity index (χ0v) is 16.6. The van der Waals surface area contributed by atoms with E-state index in [0.29, 0.717) is 23.7 Å². The average Bonchev–Trinajstić information content (AvgIpc) is 3.10. The van der Waals surface area contributed by atoms with Crippen molar-refractivity contribution in [2.75, 3.05) is 6.61 Å². The van der Waals surface area contributed by atoms with Gasteiger partial charge in [-0.1, -0.05) is 17.7 Å². The summed E-state index contributed by atoms with van der Waals surface area (Å²) in [6.45, 7) is 4.24. The summed E-state index contributed by atoms with van der Waals surface area (Å²) in [5, 5.41) is 15.0. The Morgan fingerprint density at radius 3 is 2.57 bits per heavy atom. The number of carbonyl (C=O) groups excluding carboxylic acids is 1. The Bertz CT molecular complexity index is 1060. The molecule has 0 aliphatic rings. The predicted octanol–water partition coefficient (Wildman–Crippen LogP) is 3.25. The highest BCUT2D eigenvalue weighted by Gasteiger charge is 2.16.